The highest BCUT2D eigenvalue weighted by atomic mass is 16.2. The second-order valence-corrected chi connectivity index (χ2v) is 5.79. The third-order valence-electron chi connectivity index (χ3n) is 3.26. The van der Waals surface area contributed by atoms with E-state index < -0.39 is 11.8 Å². The van der Waals surface area contributed by atoms with Gasteiger partial charge in [0, 0.05) is 18.7 Å². The lowest BCUT2D eigenvalue weighted by molar-refractivity contribution is -0.858. The van der Waals surface area contributed by atoms with E-state index in [0.29, 0.717) is 6.54 Å². The molecule has 0 radical (unpaired) electrons. The summed E-state index contributed by atoms with van der Waals surface area (Å²) in [4.78, 5) is 25.0. The Hall–Kier alpha value is -1.88. The van der Waals surface area contributed by atoms with Crippen molar-refractivity contribution in [2.45, 2.75) is 27.2 Å². The van der Waals surface area contributed by atoms with Crippen molar-refractivity contribution >= 4 is 17.5 Å². The van der Waals surface area contributed by atoms with Crippen LogP contribution < -0.4 is 15.5 Å². The molecule has 1 rings (SSSR count). The quantitative estimate of drug-likeness (QED) is 0.536. The van der Waals surface area contributed by atoms with E-state index in [1.165, 1.54) is 4.90 Å². The summed E-state index contributed by atoms with van der Waals surface area (Å²) in [7, 11) is 4.11. The molecule has 0 atom stereocenters. The summed E-state index contributed by atoms with van der Waals surface area (Å²) in [6, 6.07) is 3.97. The number of quaternary nitrogens is 1. The number of anilines is 1. The normalized spacial score (nSPS) is 10.6. The Balaban J connectivity index is 2.55. The summed E-state index contributed by atoms with van der Waals surface area (Å²) in [5, 5.41) is 5.34. The molecule has 0 spiro atoms. The van der Waals surface area contributed by atoms with Crippen LogP contribution in [0.2, 0.25) is 0 Å². The fourth-order valence-electron chi connectivity index (χ4n) is 2.27. The molecule has 5 nitrogen and oxygen atoms in total. The van der Waals surface area contributed by atoms with Gasteiger partial charge in [-0.1, -0.05) is 17.7 Å². The number of aryl methyl sites for hydroxylation is 3. The van der Waals surface area contributed by atoms with E-state index in [1.807, 2.05) is 32.9 Å². The third kappa shape index (κ3) is 5.55. The van der Waals surface area contributed by atoms with Gasteiger partial charge in [0.1, 0.15) is 0 Å². The second kappa shape index (κ2) is 7.78. The van der Waals surface area contributed by atoms with Gasteiger partial charge in [0.05, 0.1) is 20.6 Å². The number of amides is 2. The van der Waals surface area contributed by atoms with Crippen LogP contribution in [0.3, 0.4) is 0 Å². The number of hydrogen-bond donors (Lipinski definition) is 3. The molecule has 0 saturated heterocycles. The van der Waals surface area contributed by atoms with Gasteiger partial charge in [-0.2, -0.15) is 0 Å². The number of nitrogens with one attached hydrogen (secondary N) is 3. The molecule has 0 aliphatic carbocycles. The van der Waals surface area contributed by atoms with Crippen LogP contribution >= 0.6 is 0 Å². The molecule has 1 aromatic rings. The lowest BCUT2D eigenvalue weighted by Gasteiger charge is -2.13. The van der Waals surface area contributed by atoms with Crippen LogP contribution in [0.4, 0.5) is 5.69 Å². The lowest BCUT2D eigenvalue weighted by Crippen LogP contribution is -3.05. The fraction of sp³-hybridized carbons (Fsp3) is 0.500. The number of rotatable bonds is 5. The van der Waals surface area contributed by atoms with E-state index in [0.717, 1.165) is 35.3 Å². The minimum absolute atomic E-state index is 0.517. The first-order chi connectivity index (χ1) is 9.81. The maximum absolute atomic E-state index is 11.9. The van der Waals surface area contributed by atoms with Crippen LogP contribution in [0.5, 0.6) is 0 Å². The first-order valence-electron chi connectivity index (χ1n) is 7.27. The van der Waals surface area contributed by atoms with Crippen LogP contribution in [-0.2, 0) is 9.59 Å². The van der Waals surface area contributed by atoms with Crippen LogP contribution in [0.25, 0.3) is 0 Å². The van der Waals surface area contributed by atoms with Crippen molar-refractivity contribution in [1.82, 2.24) is 5.32 Å². The van der Waals surface area contributed by atoms with Crippen LogP contribution in [0.1, 0.15) is 23.1 Å². The van der Waals surface area contributed by atoms with Gasteiger partial charge in [-0.25, -0.2) is 0 Å². The molecular weight excluding hydrogens is 266 g/mol. The van der Waals surface area contributed by atoms with Gasteiger partial charge < -0.3 is 15.5 Å². The van der Waals surface area contributed by atoms with Crippen LogP contribution in [0.15, 0.2) is 12.1 Å². The largest absolute Gasteiger partial charge is 0.348 e. The minimum Gasteiger partial charge on any atom is -0.348 e. The van der Waals surface area contributed by atoms with Crippen molar-refractivity contribution in [3.05, 3.63) is 28.8 Å². The highest BCUT2D eigenvalue weighted by molar-refractivity contribution is 6.39. The van der Waals surface area contributed by atoms with Crippen molar-refractivity contribution in [3.8, 4) is 0 Å². The zero-order chi connectivity index (χ0) is 16.0. The molecule has 0 bridgehead atoms. The van der Waals surface area contributed by atoms with Gasteiger partial charge in [-0.15, -0.1) is 0 Å². The molecular formula is C16H26N3O2+. The summed E-state index contributed by atoms with van der Waals surface area (Å²) in [6.07, 6.45) is 0.851. The maximum atomic E-state index is 11.9. The topological polar surface area (TPSA) is 62.6 Å². The van der Waals surface area contributed by atoms with Gasteiger partial charge in [-0.05, 0) is 31.9 Å². The molecule has 0 aliphatic heterocycles. The van der Waals surface area contributed by atoms with Gasteiger partial charge >= 0.3 is 11.8 Å². The van der Waals surface area contributed by atoms with E-state index in [1.54, 1.807) is 0 Å². The summed E-state index contributed by atoms with van der Waals surface area (Å²) in [5.74, 6) is -1.19. The smallest absolute Gasteiger partial charge is 0.313 e. The molecule has 5 heteroatoms. The Labute approximate surface area is 126 Å². The van der Waals surface area contributed by atoms with Crippen LogP contribution in [-0.4, -0.2) is 39.0 Å². The Bertz CT molecular complexity index is 501. The molecule has 0 saturated carbocycles. The molecule has 0 aromatic heterocycles. The Morgan fingerprint density at radius 1 is 1.05 bits per heavy atom. The fourth-order valence-corrected chi connectivity index (χ4v) is 2.27. The highest BCUT2D eigenvalue weighted by Crippen LogP contribution is 2.21. The summed E-state index contributed by atoms with van der Waals surface area (Å²) >= 11 is 0. The molecule has 0 unspecified atom stereocenters. The zero-order valence-corrected chi connectivity index (χ0v) is 13.6. The average molecular weight is 292 g/mol. The van der Waals surface area contributed by atoms with Crippen LogP contribution in [0, 0.1) is 20.8 Å². The minimum atomic E-state index is -0.609. The number of carbonyl (C=O) groups is 2. The first-order valence-corrected chi connectivity index (χ1v) is 7.27. The standard InChI is InChI=1S/C16H25N3O2/c1-11-9-12(2)14(13(3)10-11)18-16(21)15(20)17-7-6-8-19(4)5/h9-10H,6-8H2,1-5H3,(H,17,20)(H,18,21)/p+1. The molecule has 2 amide bonds. The van der Waals surface area contributed by atoms with Gasteiger partial charge in [0.25, 0.3) is 0 Å². The summed E-state index contributed by atoms with van der Waals surface area (Å²) < 4.78 is 0. The Morgan fingerprint density at radius 3 is 2.14 bits per heavy atom. The van der Waals surface area contributed by atoms with Gasteiger partial charge in [-0.3, -0.25) is 9.59 Å². The maximum Gasteiger partial charge on any atom is 0.313 e. The monoisotopic (exact) mass is 292 g/mol. The molecule has 0 aliphatic rings. The van der Waals surface area contributed by atoms with E-state index in [4.69, 9.17) is 0 Å². The molecule has 3 N–H and O–H groups in total. The third-order valence-corrected chi connectivity index (χ3v) is 3.26. The van der Waals surface area contributed by atoms with E-state index >= 15 is 0 Å². The lowest BCUT2D eigenvalue weighted by atomic mass is 10.1. The second-order valence-electron chi connectivity index (χ2n) is 5.79. The SMILES string of the molecule is Cc1cc(C)c(NC(=O)C(=O)NCCC[NH+](C)C)c(C)c1. The molecule has 0 heterocycles. The molecule has 0 fully saturated rings. The number of benzene rings is 1. The average Bonchev–Trinajstić information content (AvgIpc) is 2.38. The zero-order valence-electron chi connectivity index (χ0n) is 13.6. The molecule has 21 heavy (non-hydrogen) atoms. The van der Waals surface area contributed by atoms with Gasteiger partial charge in [0.2, 0.25) is 0 Å². The van der Waals surface area contributed by atoms with E-state index in [-0.39, 0.29) is 0 Å². The highest BCUT2D eigenvalue weighted by Gasteiger charge is 2.15. The van der Waals surface area contributed by atoms with Crippen molar-refractivity contribution < 1.29 is 14.5 Å². The summed E-state index contributed by atoms with van der Waals surface area (Å²) in [6.45, 7) is 7.33. The predicted molar refractivity (Wildman–Crippen MR) is 84.6 cm³/mol. The Morgan fingerprint density at radius 2 is 1.62 bits per heavy atom. The summed E-state index contributed by atoms with van der Waals surface area (Å²) in [5.41, 5.74) is 3.78. The van der Waals surface area contributed by atoms with E-state index in [9.17, 15) is 9.59 Å². The van der Waals surface area contributed by atoms with Crippen molar-refractivity contribution in [1.29, 1.82) is 0 Å². The predicted octanol–water partition coefficient (Wildman–Crippen LogP) is 0.201. The van der Waals surface area contributed by atoms with Crippen molar-refractivity contribution in [3.63, 3.8) is 0 Å². The molecule has 116 valence electrons. The Kier molecular flexibility index (Phi) is 6.37. The number of hydrogen-bond acceptors (Lipinski definition) is 2. The van der Waals surface area contributed by atoms with Crippen molar-refractivity contribution in [2.75, 3.05) is 32.5 Å². The molecule has 1 aromatic carbocycles. The van der Waals surface area contributed by atoms with E-state index in [2.05, 4.69) is 24.7 Å². The van der Waals surface area contributed by atoms with Gasteiger partial charge in [0.15, 0.2) is 0 Å². The first kappa shape index (κ1) is 17.2. The number of carbonyl (C=O) groups excluding carboxylic acids is 2. The van der Waals surface area contributed by atoms with Crippen molar-refractivity contribution in [2.24, 2.45) is 0 Å².